The van der Waals surface area contributed by atoms with Crippen molar-refractivity contribution in [3.8, 4) is 0 Å². The Morgan fingerprint density at radius 2 is 2.17 bits per heavy atom. The summed E-state index contributed by atoms with van der Waals surface area (Å²) in [5, 5.41) is 11.3. The molecule has 0 atom stereocenters. The number of oxime groups is 1. The fourth-order valence-corrected chi connectivity index (χ4v) is 0.950. The topological polar surface area (TPSA) is 35.8 Å². The van der Waals surface area contributed by atoms with Crippen molar-refractivity contribution in [3.05, 3.63) is 29.8 Å². The lowest BCUT2D eigenvalue weighted by Gasteiger charge is -2.11. The molecule has 3 heteroatoms. The molecule has 0 amide bonds. The third kappa shape index (κ3) is 1.99. The first-order valence-corrected chi connectivity index (χ1v) is 3.69. The Morgan fingerprint density at radius 3 is 2.75 bits per heavy atom. The SMILES string of the molecule is CN(C)c1cccc(/C=N/O)c1. The molecule has 0 aliphatic carbocycles. The Balaban J connectivity index is 2.95. The van der Waals surface area contributed by atoms with Gasteiger partial charge in [-0.25, -0.2) is 0 Å². The monoisotopic (exact) mass is 164 g/mol. The first kappa shape index (κ1) is 8.59. The standard InChI is InChI=1S/C9H12N2O/c1-11(2)9-5-3-4-8(6-9)7-10-12/h3-7,12H,1-2H3/b10-7+. The number of benzene rings is 1. The average molecular weight is 164 g/mol. The van der Waals surface area contributed by atoms with Crippen molar-refractivity contribution in [2.45, 2.75) is 0 Å². The van der Waals surface area contributed by atoms with Crippen LogP contribution in [0.5, 0.6) is 0 Å². The van der Waals surface area contributed by atoms with Crippen LogP contribution in [0, 0.1) is 0 Å². The molecule has 3 nitrogen and oxygen atoms in total. The third-order valence-electron chi connectivity index (χ3n) is 1.59. The molecule has 0 heterocycles. The van der Waals surface area contributed by atoms with E-state index in [1.807, 2.05) is 43.3 Å². The normalized spacial score (nSPS) is 10.5. The summed E-state index contributed by atoms with van der Waals surface area (Å²) in [4.78, 5) is 1.99. The maximum Gasteiger partial charge on any atom is 0.0734 e. The van der Waals surface area contributed by atoms with Gasteiger partial charge in [-0.2, -0.15) is 0 Å². The summed E-state index contributed by atoms with van der Waals surface area (Å²) in [7, 11) is 3.93. The van der Waals surface area contributed by atoms with Gasteiger partial charge in [0.1, 0.15) is 0 Å². The van der Waals surface area contributed by atoms with Crippen molar-refractivity contribution in [2.24, 2.45) is 5.16 Å². The Hall–Kier alpha value is -1.51. The molecule has 0 aromatic heterocycles. The van der Waals surface area contributed by atoms with E-state index in [0.717, 1.165) is 11.3 Å². The van der Waals surface area contributed by atoms with Crippen molar-refractivity contribution in [1.29, 1.82) is 0 Å². The summed E-state index contributed by atoms with van der Waals surface area (Å²) in [5.41, 5.74) is 1.98. The molecule has 1 rings (SSSR count). The molecule has 0 unspecified atom stereocenters. The second-order valence-corrected chi connectivity index (χ2v) is 2.73. The smallest absolute Gasteiger partial charge is 0.0734 e. The molecule has 12 heavy (non-hydrogen) atoms. The van der Waals surface area contributed by atoms with E-state index in [1.54, 1.807) is 0 Å². The summed E-state index contributed by atoms with van der Waals surface area (Å²) in [6, 6.07) is 7.74. The molecule has 1 N–H and O–H groups in total. The highest BCUT2D eigenvalue weighted by atomic mass is 16.4. The summed E-state index contributed by atoms with van der Waals surface area (Å²) < 4.78 is 0. The van der Waals surface area contributed by atoms with Crippen LogP contribution in [0.4, 0.5) is 5.69 Å². The molecule has 0 fully saturated rings. The van der Waals surface area contributed by atoms with E-state index < -0.39 is 0 Å². The van der Waals surface area contributed by atoms with Crippen LogP contribution in [0.3, 0.4) is 0 Å². The van der Waals surface area contributed by atoms with Gasteiger partial charge in [-0.3, -0.25) is 0 Å². The third-order valence-corrected chi connectivity index (χ3v) is 1.59. The van der Waals surface area contributed by atoms with Gasteiger partial charge in [0.05, 0.1) is 6.21 Å². The lowest BCUT2D eigenvalue weighted by Crippen LogP contribution is -2.08. The molecule has 0 aliphatic rings. The zero-order valence-electron chi connectivity index (χ0n) is 7.23. The van der Waals surface area contributed by atoms with Crippen LogP contribution < -0.4 is 4.90 Å². The Morgan fingerprint density at radius 1 is 1.42 bits per heavy atom. The van der Waals surface area contributed by atoms with Crippen LogP contribution in [-0.4, -0.2) is 25.5 Å². The first-order chi connectivity index (χ1) is 5.74. The zero-order chi connectivity index (χ0) is 8.97. The van der Waals surface area contributed by atoms with Crippen molar-refractivity contribution < 1.29 is 5.21 Å². The van der Waals surface area contributed by atoms with Crippen molar-refractivity contribution in [3.63, 3.8) is 0 Å². The predicted octanol–water partition coefficient (Wildman–Crippen LogP) is 1.56. The minimum Gasteiger partial charge on any atom is -0.411 e. The van der Waals surface area contributed by atoms with Crippen LogP contribution in [0.1, 0.15) is 5.56 Å². The van der Waals surface area contributed by atoms with Gasteiger partial charge in [0.15, 0.2) is 0 Å². The maximum absolute atomic E-state index is 8.31. The minimum atomic E-state index is 0.892. The van der Waals surface area contributed by atoms with Gasteiger partial charge >= 0.3 is 0 Å². The summed E-state index contributed by atoms with van der Waals surface area (Å²) >= 11 is 0. The Kier molecular flexibility index (Phi) is 2.69. The molecular formula is C9H12N2O. The molecule has 0 saturated carbocycles. The zero-order valence-corrected chi connectivity index (χ0v) is 7.23. The molecule has 1 aromatic rings. The van der Waals surface area contributed by atoms with Gasteiger partial charge in [0.25, 0.3) is 0 Å². The van der Waals surface area contributed by atoms with Crippen LogP contribution in [0.15, 0.2) is 29.4 Å². The number of nitrogens with zero attached hydrogens (tertiary/aromatic N) is 2. The number of anilines is 1. The molecule has 0 saturated heterocycles. The van der Waals surface area contributed by atoms with Crippen LogP contribution in [0.25, 0.3) is 0 Å². The van der Waals surface area contributed by atoms with E-state index in [9.17, 15) is 0 Å². The fraction of sp³-hybridized carbons (Fsp3) is 0.222. The molecule has 64 valence electrons. The van der Waals surface area contributed by atoms with E-state index >= 15 is 0 Å². The van der Waals surface area contributed by atoms with Crippen molar-refractivity contribution >= 4 is 11.9 Å². The lowest BCUT2D eigenvalue weighted by molar-refractivity contribution is 0.322. The first-order valence-electron chi connectivity index (χ1n) is 3.69. The minimum absolute atomic E-state index is 0.892. The second-order valence-electron chi connectivity index (χ2n) is 2.73. The highest BCUT2D eigenvalue weighted by Crippen LogP contribution is 2.11. The average Bonchev–Trinajstić information content (AvgIpc) is 2.05. The maximum atomic E-state index is 8.31. The van der Waals surface area contributed by atoms with E-state index in [1.165, 1.54) is 6.21 Å². The van der Waals surface area contributed by atoms with E-state index in [0.29, 0.717) is 0 Å². The van der Waals surface area contributed by atoms with Gasteiger partial charge in [0, 0.05) is 19.8 Å². The quantitative estimate of drug-likeness (QED) is 0.409. The highest BCUT2D eigenvalue weighted by molar-refractivity contribution is 5.80. The molecular weight excluding hydrogens is 152 g/mol. The molecule has 1 aromatic carbocycles. The van der Waals surface area contributed by atoms with Gasteiger partial charge in [0.2, 0.25) is 0 Å². The van der Waals surface area contributed by atoms with Gasteiger partial charge < -0.3 is 10.1 Å². The van der Waals surface area contributed by atoms with Crippen LogP contribution in [-0.2, 0) is 0 Å². The van der Waals surface area contributed by atoms with Crippen LogP contribution >= 0.6 is 0 Å². The largest absolute Gasteiger partial charge is 0.411 e. The number of hydrogen-bond acceptors (Lipinski definition) is 3. The van der Waals surface area contributed by atoms with Crippen molar-refractivity contribution in [2.75, 3.05) is 19.0 Å². The van der Waals surface area contributed by atoms with E-state index in [-0.39, 0.29) is 0 Å². The van der Waals surface area contributed by atoms with Crippen molar-refractivity contribution in [1.82, 2.24) is 0 Å². The molecule has 0 bridgehead atoms. The second kappa shape index (κ2) is 3.76. The van der Waals surface area contributed by atoms with Gasteiger partial charge in [-0.1, -0.05) is 17.3 Å². The molecule has 0 aliphatic heterocycles. The summed E-state index contributed by atoms with van der Waals surface area (Å²) in [6.45, 7) is 0. The Labute approximate surface area is 71.9 Å². The highest BCUT2D eigenvalue weighted by Gasteiger charge is 1.94. The van der Waals surface area contributed by atoms with Gasteiger partial charge in [-0.15, -0.1) is 0 Å². The number of rotatable bonds is 2. The number of hydrogen-bond donors (Lipinski definition) is 1. The van der Waals surface area contributed by atoms with E-state index in [4.69, 9.17) is 5.21 Å². The van der Waals surface area contributed by atoms with E-state index in [2.05, 4.69) is 5.16 Å². The molecule has 0 radical (unpaired) electrons. The predicted molar refractivity (Wildman–Crippen MR) is 50.1 cm³/mol. The van der Waals surface area contributed by atoms with Crippen LogP contribution in [0.2, 0.25) is 0 Å². The Bertz CT molecular complexity index is 282. The summed E-state index contributed by atoms with van der Waals surface area (Å²) in [5.74, 6) is 0. The lowest BCUT2D eigenvalue weighted by atomic mass is 10.2. The molecule has 0 spiro atoms. The van der Waals surface area contributed by atoms with Gasteiger partial charge in [-0.05, 0) is 17.7 Å². The summed E-state index contributed by atoms with van der Waals surface area (Å²) in [6.07, 6.45) is 1.41. The fourth-order valence-electron chi connectivity index (χ4n) is 0.950.